The van der Waals surface area contributed by atoms with Gasteiger partial charge in [0.25, 0.3) is 0 Å². The van der Waals surface area contributed by atoms with Gasteiger partial charge in [0.2, 0.25) is 0 Å². The molecule has 0 aliphatic heterocycles. The second-order valence-electron chi connectivity index (χ2n) is 7.77. The fraction of sp³-hybridized carbons (Fsp3) is 0.455. The predicted molar refractivity (Wildman–Crippen MR) is 141 cm³/mol. The molecule has 0 saturated heterocycles. The standard InChI is InChI=1S/C22H33ClN7O5P/c1-4-30-16-12-14(33-10-7-11-36(32,34-5-2)35-6-3)8-9-15(16)27-17(30)13-26-22(31)18-20(24)29-21(25)19(23)28-18/h8-9,12,32,36H,4-7,10-11,13H2,1-3H3,(H,26,31)(H4,24,25,29). The molecular weight excluding hydrogens is 509 g/mol. The van der Waals surface area contributed by atoms with Crippen LogP contribution < -0.4 is 21.5 Å². The van der Waals surface area contributed by atoms with Crippen LogP contribution in [0.1, 0.15) is 43.5 Å². The summed E-state index contributed by atoms with van der Waals surface area (Å²) in [6.07, 6.45) is 1.01. The van der Waals surface area contributed by atoms with E-state index in [4.69, 9.17) is 36.9 Å². The third kappa shape index (κ3) is 6.71. The van der Waals surface area contributed by atoms with Crippen LogP contribution in [0.5, 0.6) is 5.75 Å². The minimum absolute atomic E-state index is 0.0436. The van der Waals surface area contributed by atoms with Gasteiger partial charge in [-0.15, -0.1) is 0 Å². The first-order valence-electron chi connectivity index (χ1n) is 11.7. The number of amides is 1. The Morgan fingerprint density at radius 1 is 1.14 bits per heavy atom. The van der Waals surface area contributed by atoms with Crippen LogP contribution in [0.3, 0.4) is 0 Å². The van der Waals surface area contributed by atoms with Gasteiger partial charge < -0.3 is 11.5 Å². The average Bonchev–Trinajstić information content (AvgIpc) is 3.19. The summed E-state index contributed by atoms with van der Waals surface area (Å²) in [4.78, 5) is 35.5. The molecule has 0 spiro atoms. The summed E-state index contributed by atoms with van der Waals surface area (Å²) >= 11 is 5.87. The number of nitrogens with zero attached hydrogens (tertiary/aromatic N) is 4. The van der Waals surface area contributed by atoms with Crippen LogP contribution in [0.15, 0.2) is 18.2 Å². The van der Waals surface area contributed by atoms with Crippen molar-refractivity contribution < 1.29 is 23.5 Å². The van der Waals surface area contributed by atoms with E-state index < -0.39 is 13.9 Å². The Labute approximate surface area is 214 Å². The van der Waals surface area contributed by atoms with Crippen LogP contribution in [-0.4, -0.2) is 56.3 Å². The Kier molecular flexibility index (Phi) is 9.63. The van der Waals surface area contributed by atoms with Crippen molar-refractivity contribution in [3.63, 3.8) is 0 Å². The Morgan fingerprint density at radius 3 is 2.53 bits per heavy atom. The third-order valence-corrected chi connectivity index (χ3v) is 8.03. The quantitative estimate of drug-likeness (QED) is 0.186. The van der Waals surface area contributed by atoms with E-state index in [0.29, 0.717) is 50.5 Å². The number of nitrogen functional groups attached to an aromatic ring is 2. The maximum absolute atomic E-state index is 12.6. The fourth-order valence-corrected chi connectivity index (χ4v) is 5.70. The Balaban J connectivity index is 1.66. The van der Waals surface area contributed by atoms with Gasteiger partial charge in [-0.25, -0.2) is 9.97 Å². The SMILES string of the molecule is CCO[PH](O)(CCCOc1ccc2nc(CNC(=O)c3nc(Cl)c(N)nc3N)n(CC)c2c1)OCC. The maximum atomic E-state index is 12.6. The summed E-state index contributed by atoms with van der Waals surface area (Å²) in [7, 11) is -3.15. The van der Waals surface area contributed by atoms with Gasteiger partial charge in [-0.3, -0.25) is 4.79 Å². The van der Waals surface area contributed by atoms with E-state index >= 15 is 0 Å². The molecule has 36 heavy (non-hydrogen) atoms. The zero-order valence-corrected chi connectivity index (χ0v) is 22.3. The van der Waals surface area contributed by atoms with Gasteiger partial charge in [-0.2, -0.15) is 0 Å². The van der Waals surface area contributed by atoms with Crippen molar-refractivity contribution in [2.75, 3.05) is 37.4 Å². The molecule has 3 aromatic rings. The number of rotatable bonds is 13. The van der Waals surface area contributed by atoms with Gasteiger partial charge in [-0.05, 0) is 0 Å². The van der Waals surface area contributed by atoms with Crippen molar-refractivity contribution in [3.8, 4) is 5.75 Å². The van der Waals surface area contributed by atoms with Crippen molar-refractivity contribution in [1.82, 2.24) is 24.8 Å². The summed E-state index contributed by atoms with van der Waals surface area (Å²) in [5.41, 5.74) is 12.9. The second-order valence-corrected chi connectivity index (χ2v) is 10.6. The molecule has 0 bridgehead atoms. The van der Waals surface area contributed by atoms with Crippen LogP contribution in [0, 0.1) is 0 Å². The molecule has 2 aromatic heterocycles. The Bertz CT molecular complexity index is 1200. The summed E-state index contributed by atoms with van der Waals surface area (Å²) in [6, 6.07) is 5.59. The predicted octanol–water partition coefficient (Wildman–Crippen LogP) is 2.92. The number of anilines is 2. The normalized spacial score (nSPS) is 12.1. The van der Waals surface area contributed by atoms with Crippen molar-refractivity contribution in [2.24, 2.45) is 0 Å². The van der Waals surface area contributed by atoms with Gasteiger partial charge in [0.15, 0.2) is 22.5 Å². The van der Waals surface area contributed by atoms with E-state index in [1.54, 1.807) is 0 Å². The molecule has 3 rings (SSSR count). The third-order valence-electron chi connectivity index (χ3n) is 5.29. The molecule has 12 nitrogen and oxygen atoms in total. The summed E-state index contributed by atoms with van der Waals surface area (Å²) in [5.74, 6) is 0.630. The number of nitrogens with one attached hydrogen (secondary N) is 1. The molecule has 0 aliphatic carbocycles. The molecule has 198 valence electrons. The van der Waals surface area contributed by atoms with Crippen LogP contribution in [0.2, 0.25) is 5.15 Å². The molecule has 6 N–H and O–H groups in total. The fourth-order valence-electron chi connectivity index (χ4n) is 3.70. The molecule has 0 unspecified atom stereocenters. The first-order chi connectivity index (χ1) is 17.2. The zero-order valence-electron chi connectivity index (χ0n) is 20.6. The Hall–Kier alpha value is -2.76. The van der Waals surface area contributed by atoms with E-state index in [1.165, 1.54) is 0 Å². The van der Waals surface area contributed by atoms with Crippen molar-refractivity contribution in [3.05, 3.63) is 34.9 Å². The van der Waals surface area contributed by atoms with Gasteiger partial charge in [0.05, 0.1) is 0 Å². The number of nitrogens with two attached hydrogens (primary N) is 2. The summed E-state index contributed by atoms with van der Waals surface area (Å²) in [5, 5.41) is 2.66. The monoisotopic (exact) mass is 541 g/mol. The average molecular weight is 542 g/mol. The molecule has 0 atom stereocenters. The van der Waals surface area contributed by atoms with E-state index in [2.05, 4.69) is 20.3 Å². The van der Waals surface area contributed by atoms with Gasteiger partial charge in [0, 0.05) is 0 Å². The first-order valence-corrected chi connectivity index (χ1v) is 14.0. The molecule has 0 radical (unpaired) electrons. The topological polar surface area (TPSA) is 173 Å². The van der Waals surface area contributed by atoms with Gasteiger partial charge >= 0.3 is 154 Å². The minimum atomic E-state index is -3.15. The summed E-state index contributed by atoms with van der Waals surface area (Å²) in [6.45, 7) is 7.61. The zero-order chi connectivity index (χ0) is 26.3. The number of hydrogen-bond acceptors (Lipinski definition) is 10. The van der Waals surface area contributed by atoms with E-state index in [0.717, 1.165) is 11.0 Å². The molecular formula is C22H33ClN7O5P. The van der Waals surface area contributed by atoms with E-state index in [-0.39, 0.29) is 29.0 Å². The van der Waals surface area contributed by atoms with Gasteiger partial charge in [-0.1, -0.05) is 11.6 Å². The van der Waals surface area contributed by atoms with E-state index in [1.807, 2.05) is 43.5 Å². The number of aromatic nitrogens is 4. The summed E-state index contributed by atoms with van der Waals surface area (Å²) < 4.78 is 18.8. The number of fused-ring (bicyclic) bond motifs is 1. The Morgan fingerprint density at radius 2 is 1.86 bits per heavy atom. The van der Waals surface area contributed by atoms with Crippen LogP contribution >= 0.6 is 19.5 Å². The molecule has 2 heterocycles. The molecule has 1 aromatic carbocycles. The number of halogens is 1. The molecule has 0 fully saturated rings. The van der Waals surface area contributed by atoms with Crippen molar-refractivity contribution in [2.45, 2.75) is 40.3 Å². The second kappa shape index (κ2) is 12.5. The number of carbonyl (C=O) groups excluding carboxylic acids is 1. The molecule has 1 amide bonds. The van der Waals surface area contributed by atoms with Crippen molar-refractivity contribution >= 4 is 48.1 Å². The number of benzene rings is 1. The number of ether oxygens (including phenoxy) is 1. The number of aryl methyl sites for hydroxylation is 1. The van der Waals surface area contributed by atoms with Crippen LogP contribution in [-0.2, 0) is 22.1 Å². The first kappa shape index (κ1) is 27.8. The van der Waals surface area contributed by atoms with Gasteiger partial charge in [0.1, 0.15) is 0 Å². The van der Waals surface area contributed by atoms with Crippen LogP contribution in [0.4, 0.5) is 11.6 Å². The molecule has 14 heteroatoms. The molecule has 0 aliphatic rings. The number of carbonyl (C=O) groups is 1. The van der Waals surface area contributed by atoms with Crippen LogP contribution in [0.25, 0.3) is 11.0 Å². The molecule has 0 saturated carbocycles. The van der Waals surface area contributed by atoms with Crippen molar-refractivity contribution in [1.29, 1.82) is 0 Å². The number of hydrogen-bond donors (Lipinski definition) is 4. The number of imidazole rings is 1. The van der Waals surface area contributed by atoms with E-state index in [9.17, 15) is 9.69 Å².